The van der Waals surface area contributed by atoms with E-state index in [1.165, 1.54) is 24.3 Å². The lowest BCUT2D eigenvalue weighted by Crippen LogP contribution is -2.47. The normalized spacial score (nSPS) is 17.0. The minimum Gasteiger partial charge on any atom is -0.338 e. The molecule has 2 amide bonds. The topological polar surface area (TPSA) is 40.6 Å². The minimum absolute atomic E-state index is 0.0512. The summed E-state index contributed by atoms with van der Waals surface area (Å²) >= 11 is 0. The maximum Gasteiger partial charge on any atom is 0.253 e. The first-order valence-corrected chi connectivity index (χ1v) is 9.01. The van der Waals surface area contributed by atoms with Crippen LogP contribution in [0, 0.1) is 11.7 Å². The number of piperidine rings is 1. The van der Waals surface area contributed by atoms with Crippen molar-refractivity contribution in [2.45, 2.75) is 19.8 Å². The molecule has 0 saturated carbocycles. The van der Waals surface area contributed by atoms with Gasteiger partial charge in [0.1, 0.15) is 5.82 Å². The Balaban J connectivity index is 1.72. The average Bonchev–Trinajstić information content (AvgIpc) is 2.69. The number of amides is 2. The number of carbonyl (C=O) groups excluding carboxylic acids is 2. The van der Waals surface area contributed by atoms with Gasteiger partial charge in [-0.25, -0.2) is 4.39 Å². The molecule has 1 atom stereocenters. The third-order valence-electron chi connectivity index (χ3n) is 4.80. The highest BCUT2D eigenvalue weighted by atomic mass is 19.1. The number of anilines is 1. The average molecular weight is 354 g/mol. The molecule has 0 N–H and O–H groups in total. The van der Waals surface area contributed by atoms with Gasteiger partial charge in [-0.2, -0.15) is 0 Å². The quantitative estimate of drug-likeness (QED) is 0.839. The van der Waals surface area contributed by atoms with Gasteiger partial charge < -0.3 is 9.80 Å². The lowest BCUT2D eigenvalue weighted by molar-refractivity contribution is -0.123. The molecule has 1 unspecified atom stereocenters. The SMILES string of the molecule is CCN(C(=O)C1CCCN(C(=O)c2ccc(F)cc2)C1)c1ccccc1. The molecule has 136 valence electrons. The number of halogens is 1. The first-order valence-electron chi connectivity index (χ1n) is 9.01. The Morgan fingerprint density at radius 1 is 1.12 bits per heavy atom. The van der Waals surface area contributed by atoms with Crippen LogP contribution in [0.1, 0.15) is 30.1 Å². The fraction of sp³-hybridized carbons (Fsp3) is 0.333. The van der Waals surface area contributed by atoms with Gasteiger partial charge in [-0.15, -0.1) is 0 Å². The van der Waals surface area contributed by atoms with Crippen molar-refractivity contribution < 1.29 is 14.0 Å². The molecule has 1 saturated heterocycles. The van der Waals surface area contributed by atoms with Crippen LogP contribution in [0.15, 0.2) is 54.6 Å². The number of carbonyl (C=O) groups is 2. The summed E-state index contributed by atoms with van der Waals surface area (Å²) in [5.41, 5.74) is 1.33. The Hall–Kier alpha value is -2.69. The van der Waals surface area contributed by atoms with Gasteiger partial charge in [0.15, 0.2) is 0 Å². The van der Waals surface area contributed by atoms with E-state index in [9.17, 15) is 14.0 Å². The smallest absolute Gasteiger partial charge is 0.253 e. The summed E-state index contributed by atoms with van der Waals surface area (Å²) in [5, 5.41) is 0. The molecule has 26 heavy (non-hydrogen) atoms. The number of benzene rings is 2. The third kappa shape index (κ3) is 3.93. The van der Waals surface area contributed by atoms with E-state index >= 15 is 0 Å². The van der Waals surface area contributed by atoms with Gasteiger partial charge in [0.2, 0.25) is 5.91 Å². The zero-order valence-corrected chi connectivity index (χ0v) is 14.9. The van der Waals surface area contributed by atoms with Crippen LogP contribution in [0.2, 0.25) is 0 Å². The van der Waals surface area contributed by atoms with E-state index in [2.05, 4.69) is 0 Å². The van der Waals surface area contributed by atoms with Crippen molar-refractivity contribution in [1.82, 2.24) is 4.90 Å². The second kappa shape index (κ2) is 8.13. The molecular weight excluding hydrogens is 331 g/mol. The van der Waals surface area contributed by atoms with Gasteiger partial charge in [0.25, 0.3) is 5.91 Å². The van der Waals surface area contributed by atoms with Gasteiger partial charge >= 0.3 is 0 Å². The molecule has 0 radical (unpaired) electrons. The van der Waals surface area contributed by atoms with Crippen LogP contribution >= 0.6 is 0 Å². The Kier molecular flexibility index (Phi) is 5.66. The summed E-state index contributed by atoms with van der Waals surface area (Å²) in [4.78, 5) is 29.2. The molecule has 3 rings (SSSR count). The van der Waals surface area contributed by atoms with E-state index in [0.717, 1.165) is 18.5 Å². The number of hydrogen-bond donors (Lipinski definition) is 0. The number of hydrogen-bond acceptors (Lipinski definition) is 2. The molecule has 2 aromatic rings. The summed E-state index contributed by atoms with van der Waals surface area (Å²) in [6.45, 7) is 3.57. The molecule has 1 aliphatic heterocycles. The Labute approximate surface area is 153 Å². The fourth-order valence-electron chi connectivity index (χ4n) is 3.43. The van der Waals surface area contributed by atoms with Crippen molar-refractivity contribution in [3.63, 3.8) is 0 Å². The van der Waals surface area contributed by atoms with Gasteiger partial charge in [-0.3, -0.25) is 9.59 Å². The monoisotopic (exact) mass is 354 g/mol. The van der Waals surface area contributed by atoms with Crippen LogP contribution in [-0.4, -0.2) is 36.3 Å². The van der Waals surface area contributed by atoms with Crippen molar-refractivity contribution in [2.75, 3.05) is 24.5 Å². The van der Waals surface area contributed by atoms with Crippen LogP contribution in [0.25, 0.3) is 0 Å². The highest BCUT2D eigenvalue weighted by Crippen LogP contribution is 2.24. The fourth-order valence-corrected chi connectivity index (χ4v) is 3.43. The summed E-state index contributed by atoms with van der Waals surface area (Å²) in [5.74, 6) is -0.677. The van der Waals surface area contributed by atoms with E-state index in [4.69, 9.17) is 0 Å². The number of nitrogens with zero attached hydrogens (tertiary/aromatic N) is 2. The predicted octanol–water partition coefficient (Wildman–Crippen LogP) is 3.73. The van der Waals surface area contributed by atoms with Gasteiger partial charge in [-0.1, -0.05) is 18.2 Å². The second-order valence-electron chi connectivity index (χ2n) is 6.52. The molecule has 2 aromatic carbocycles. The highest BCUT2D eigenvalue weighted by molar-refractivity contribution is 5.97. The lowest BCUT2D eigenvalue weighted by atomic mass is 9.95. The van der Waals surface area contributed by atoms with Crippen molar-refractivity contribution >= 4 is 17.5 Å². The van der Waals surface area contributed by atoms with Crippen molar-refractivity contribution in [2.24, 2.45) is 5.92 Å². The zero-order valence-electron chi connectivity index (χ0n) is 14.9. The molecule has 1 aliphatic rings. The predicted molar refractivity (Wildman–Crippen MR) is 99.5 cm³/mol. The summed E-state index contributed by atoms with van der Waals surface area (Å²) in [6.07, 6.45) is 1.56. The van der Waals surface area contributed by atoms with Gasteiger partial charge in [0.05, 0.1) is 5.92 Å². The van der Waals surface area contributed by atoms with Gasteiger partial charge in [0, 0.05) is 30.9 Å². The standard InChI is InChI=1S/C21H23FN2O2/c1-2-24(19-8-4-3-5-9-19)21(26)17-7-6-14-23(15-17)20(25)16-10-12-18(22)13-11-16/h3-5,8-13,17H,2,6-7,14-15H2,1H3. The second-order valence-corrected chi connectivity index (χ2v) is 6.52. The van der Waals surface area contributed by atoms with Crippen molar-refractivity contribution in [3.8, 4) is 0 Å². The van der Waals surface area contributed by atoms with Crippen molar-refractivity contribution in [1.29, 1.82) is 0 Å². The molecule has 1 fully saturated rings. The zero-order chi connectivity index (χ0) is 18.5. The molecular formula is C21H23FN2O2. The number of para-hydroxylation sites is 1. The van der Waals surface area contributed by atoms with Gasteiger partial charge in [-0.05, 0) is 56.2 Å². The Bertz CT molecular complexity index is 761. The Morgan fingerprint density at radius 3 is 2.46 bits per heavy atom. The van der Waals surface area contributed by atoms with Crippen molar-refractivity contribution in [3.05, 3.63) is 66.0 Å². The first-order chi connectivity index (χ1) is 12.6. The molecule has 5 heteroatoms. The lowest BCUT2D eigenvalue weighted by Gasteiger charge is -2.35. The largest absolute Gasteiger partial charge is 0.338 e. The van der Waals surface area contributed by atoms with Crippen LogP contribution in [-0.2, 0) is 4.79 Å². The van der Waals surface area contributed by atoms with Crippen LogP contribution in [0.3, 0.4) is 0 Å². The van der Waals surface area contributed by atoms with E-state index in [0.29, 0.717) is 25.2 Å². The van der Waals surface area contributed by atoms with E-state index < -0.39 is 0 Å². The molecule has 0 aromatic heterocycles. The molecule has 4 nitrogen and oxygen atoms in total. The summed E-state index contributed by atoms with van der Waals surface area (Å²) < 4.78 is 13.1. The van der Waals surface area contributed by atoms with Crippen LogP contribution in [0.5, 0.6) is 0 Å². The summed E-state index contributed by atoms with van der Waals surface area (Å²) in [7, 11) is 0. The molecule has 0 bridgehead atoms. The number of likely N-dealkylation sites (tertiary alicyclic amines) is 1. The first kappa shape index (κ1) is 18.1. The highest BCUT2D eigenvalue weighted by Gasteiger charge is 2.31. The number of rotatable bonds is 4. The van der Waals surface area contributed by atoms with E-state index in [1.807, 2.05) is 37.3 Å². The molecule has 0 spiro atoms. The third-order valence-corrected chi connectivity index (χ3v) is 4.80. The maximum atomic E-state index is 13.1. The Morgan fingerprint density at radius 2 is 1.81 bits per heavy atom. The molecule has 0 aliphatic carbocycles. The van der Waals surface area contributed by atoms with Crippen LogP contribution < -0.4 is 4.90 Å². The molecule has 1 heterocycles. The van der Waals surface area contributed by atoms with Crippen LogP contribution in [0.4, 0.5) is 10.1 Å². The summed E-state index contributed by atoms with van der Waals surface area (Å²) in [6, 6.07) is 15.1. The minimum atomic E-state index is -0.366. The van der Waals surface area contributed by atoms with E-state index in [-0.39, 0.29) is 23.5 Å². The van der Waals surface area contributed by atoms with E-state index in [1.54, 1.807) is 9.80 Å². The maximum absolute atomic E-state index is 13.1.